The number of likely N-dealkylation sites (tertiary alicyclic amines) is 1. The van der Waals surface area contributed by atoms with Crippen LogP contribution in [-0.2, 0) is 10.9 Å². The number of primary amides is 1. The number of aliphatic hydroxyl groups excluding tert-OH is 1. The van der Waals surface area contributed by atoms with Gasteiger partial charge in [-0.1, -0.05) is 38.5 Å². The molecule has 270 valence electrons. The highest BCUT2D eigenvalue weighted by molar-refractivity contribution is 5.91. The molecular formula is C36H51F3N6O4. The Bertz CT molecular complexity index is 1530. The van der Waals surface area contributed by atoms with Gasteiger partial charge in [0.05, 0.1) is 30.8 Å². The van der Waals surface area contributed by atoms with Crippen LogP contribution >= 0.6 is 0 Å². The molecule has 4 rings (SSSR count). The van der Waals surface area contributed by atoms with Gasteiger partial charge in [-0.05, 0) is 87.3 Å². The number of benzene rings is 2. The molecule has 1 amide bonds. The molecule has 1 saturated heterocycles. The Balaban J connectivity index is 1.33. The van der Waals surface area contributed by atoms with Gasteiger partial charge in [-0.3, -0.25) is 4.90 Å². The third kappa shape index (κ3) is 11.1. The van der Waals surface area contributed by atoms with Gasteiger partial charge in [0.15, 0.2) is 0 Å². The predicted molar refractivity (Wildman–Crippen MR) is 185 cm³/mol. The summed E-state index contributed by atoms with van der Waals surface area (Å²) in [5, 5.41) is 15.0. The van der Waals surface area contributed by atoms with Crippen LogP contribution in [0.2, 0.25) is 0 Å². The van der Waals surface area contributed by atoms with Crippen molar-refractivity contribution in [3.8, 4) is 5.75 Å². The molecule has 6 N–H and O–H groups in total. The van der Waals surface area contributed by atoms with Gasteiger partial charge in [0, 0.05) is 30.2 Å². The quantitative estimate of drug-likeness (QED) is 0.0822. The van der Waals surface area contributed by atoms with Crippen molar-refractivity contribution in [2.75, 3.05) is 37.9 Å². The van der Waals surface area contributed by atoms with E-state index >= 15 is 0 Å². The van der Waals surface area contributed by atoms with Gasteiger partial charge in [-0.15, -0.1) is 0 Å². The molecule has 1 aliphatic heterocycles. The number of nitrogen functional groups attached to an aromatic ring is 1. The maximum atomic E-state index is 13.5. The van der Waals surface area contributed by atoms with Crippen molar-refractivity contribution >= 4 is 28.5 Å². The smallest absolute Gasteiger partial charge is 0.416 e. The van der Waals surface area contributed by atoms with E-state index < -0.39 is 30.1 Å². The Morgan fingerprint density at radius 1 is 1.02 bits per heavy atom. The summed E-state index contributed by atoms with van der Waals surface area (Å²) in [6.07, 6.45) is 5.24. The zero-order valence-electron chi connectivity index (χ0n) is 28.8. The highest BCUT2D eigenvalue weighted by Crippen LogP contribution is 2.39. The Hall–Kier alpha value is -3.84. The van der Waals surface area contributed by atoms with E-state index in [1.54, 1.807) is 21.0 Å². The normalized spacial score (nSPS) is 15.7. The number of nitrogens with one attached hydrogen (secondary N) is 1. The molecule has 2 aromatic carbocycles. The van der Waals surface area contributed by atoms with E-state index in [1.165, 1.54) is 6.07 Å². The number of carbonyl (C=O) groups is 1. The molecule has 0 radical (unpaired) electrons. The number of halogens is 3. The number of piperidine rings is 1. The molecule has 0 saturated carbocycles. The lowest BCUT2D eigenvalue weighted by atomic mass is 9.87. The van der Waals surface area contributed by atoms with Crippen molar-refractivity contribution in [2.45, 2.75) is 109 Å². The summed E-state index contributed by atoms with van der Waals surface area (Å²) in [4.78, 5) is 22.0. The first-order chi connectivity index (χ1) is 23.3. The summed E-state index contributed by atoms with van der Waals surface area (Å²) in [7, 11) is 1.64. The van der Waals surface area contributed by atoms with Crippen LogP contribution in [0.15, 0.2) is 30.3 Å². The summed E-state index contributed by atoms with van der Waals surface area (Å²) >= 11 is 0. The summed E-state index contributed by atoms with van der Waals surface area (Å²) < 4.78 is 51.0. The van der Waals surface area contributed by atoms with E-state index in [2.05, 4.69) is 20.2 Å². The summed E-state index contributed by atoms with van der Waals surface area (Å²) in [6, 6.07) is 7.00. The first-order valence-electron chi connectivity index (χ1n) is 17.3. The van der Waals surface area contributed by atoms with Crippen molar-refractivity contribution in [1.29, 1.82) is 0 Å². The number of aromatic nitrogens is 2. The second-order valence-electron chi connectivity index (χ2n) is 13.1. The van der Waals surface area contributed by atoms with Crippen LogP contribution in [0.4, 0.5) is 29.5 Å². The highest BCUT2D eigenvalue weighted by atomic mass is 19.4. The van der Waals surface area contributed by atoms with Crippen molar-refractivity contribution in [1.82, 2.24) is 14.9 Å². The number of ether oxygens (including phenoxy) is 2. The molecule has 2 atom stereocenters. The third-order valence-electron chi connectivity index (χ3n) is 9.31. The first kappa shape index (κ1) is 38.0. The molecule has 1 aliphatic rings. The number of rotatable bonds is 17. The standard InChI is InChI=1S/C36H51F3N6O4/c1-23(26-18-27(36(37,38)39)20-28(40)19-26)42-34-30-21-29(32(48-3)22-31(30)43-24(2)44-34)25-13-15-45(16-14-25)33(46)12-10-8-6-4-5-7-9-11-17-49-35(41)47/h18-23,25,33,46H,4-17,40H2,1-3H3,(H2,41,47)(H,42,43,44)/t23?,33-/m1/s1. The Kier molecular flexibility index (Phi) is 13.7. The molecule has 10 nitrogen and oxygen atoms in total. The minimum atomic E-state index is -4.51. The number of amides is 1. The lowest BCUT2D eigenvalue weighted by Crippen LogP contribution is -2.41. The summed E-state index contributed by atoms with van der Waals surface area (Å²) in [5.74, 6) is 1.97. The molecule has 49 heavy (non-hydrogen) atoms. The monoisotopic (exact) mass is 688 g/mol. The molecule has 0 bridgehead atoms. The van der Waals surface area contributed by atoms with E-state index in [1.807, 2.05) is 12.1 Å². The maximum absolute atomic E-state index is 13.5. The molecule has 0 spiro atoms. The number of hydrogen-bond acceptors (Lipinski definition) is 9. The van der Waals surface area contributed by atoms with Gasteiger partial charge in [0.25, 0.3) is 0 Å². The summed E-state index contributed by atoms with van der Waals surface area (Å²) in [6.45, 7) is 5.46. The van der Waals surface area contributed by atoms with Crippen molar-refractivity contribution in [3.05, 3.63) is 52.8 Å². The van der Waals surface area contributed by atoms with E-state index in [0.29, 0.717) is 29.3 Å². The number of methoxy groups -OCH3 is 1. The van der Waals surface area contributed by atoms with Crippen LogP contribution in [-0.4, -0.2) is 59.1 Å². The lowest BCUT2D eigenvalue weighted by Gasteiger charge is -2.35. The molecule has 3 aromatic rings. The average molecular weight is 689 g/mol. The van der Waals surface area contributed by atoms with Crippen LogP contribution in [0, 0.1) is 6.92 Å². The van der Waals surface area contributed by atoms with Crippen molar-refractivity contribution in [2.24, 2.45) is 5.73 Å². The molecule has 1 unspecified atom stereocenters. The third-order valence-corrected chi connectivity index (χ3v) is 9.31. The summed E-state index contributed by atoms with van der Waals surface area (Å²) in [5.41, 5.74) is 12.1. The highest BCUT2D eigenvalue weighted by Gasteiger charge is 2.32. The van der Waals surface area contributed by atoms with Gasteiger partial charge in [-0.2, -0.15) is 13.2 Å². The minimum absolute atomic E-state index is 0.0416. The van der Waals surface area contributed by atoms with Crippen LogP contribution in [0.5, 0.6) is 5.75 Å². The van der Waals surface area contributed by atoms with Crippen LogP contribution in [0.3, 0.4) is 0 Å². The van der Waals surface area contributed by atoms with Gasteiger partial charge in [-0.25, -0.2) is 14.8 Å². The SMILES string of the molecule is COc1cc2nc(C)nc(NC(C)c3cc(N)cc(C(F)(F)F)c3)c2cc1C1CCN([C@H](O)CCCCCCCCCCOC(N)=O)CC1. The first-order valence-corrected chi connectivity index (χ1v) is 17.3. The zero-order chi connectivity index (χ0) is 35.6. The van der Waals surface area contributed by atoms with E-state index in [4.69, 9.17) is 20.9 Å². The number of nitrogens with two attached hydrogens (primary N) is 2. The van der Waals surface area contributed by atoms with Crippen molar-refractivity contribution < 1.29 is 32.5 Å². The van der Waals surface area contributed by atoms with Crippen LogP contribution < -0.4 is 21.5 Å². The number of unbranched alkanes of at least 4 members (excludes halogenated alkanes) is 7. The Morgan fingerprint density at radius 2 is 1.67 bits per heavy atom. The van der Waals surface area contributed by atoms with Gasteiger partial charge >= 0.3 is 12.3 Å². The number of aryl methyl sites for hydroxylation is 1. The fraction of sp³-hybridized carbons (Fsp3) is 0.583. The Morgan fingerprint density at radius 3 is 2.31 bits per heavy atom. The number of nitrogens with zero attached hydrogens (tertiary/aromatic N) is 3. The largest absolute Gasteiger partial charge is 0.496 e. The second-order valence-corrected chi connectivity index (χ2v) is 13.1. The van der Waals surface area contributed by atoms with Gasteiger partial charge < -0.3 is 31.4 Å². The van der Waals surface area contributed by atoms with Crippen LogP contribution in [0.1, 0.15) is 112 Å². The predicted octanol–water partition coefficient (Wildman–Crippen LogP) is 7.82. The number of fused-ring (bicyclic) bond motifs is 1. The zero-order valence-corrected chi connectivity index (χ0v) is 28.8. The molecule has 0 aliphatic carbocycles. The maximum Gasteiger partial charge on any atom is 0.416 e. The number of carbonyl (C=O) groups excluding carboxylic acids is 1. The second kappa shape index (κ2) is 17.7. The minimum Gasteiger partial charge on any atom is -0.496 e. The number of alkyl halides is 3. The molecule has 2 heterocycles. The van der Waals surface area contributed by atoms with Crippen molar-refractivity contribution in [3.63, 3.8) is 0 Å². The Labute approximate surface area is 286 Å². The van der Waals surface area contributed by atoms with E-state index in [9.17, 15) is 23.1 Å². The molecule has 13 heteroatoms. The fourth-order valence-corrected chi connectivity index (χ4v) is 6.63. The number of hydrogen-bond donors (Lipinski definition) is 4. The van der Waals surface area contributed by atoms with Crippen LogP contribution in [0.25, 0.3) is 10.9 Å². The van der Waals surface area contributed by atoms with Gasteiger partial charge in [0.2, 0.25) is 0 Å². The van der Waals surface area contributed by atoms with E-state index in [-0.39, 0.29) is 11.6 Å². The van der Waals surface area contributed by atoms with Gasteiger partial charge in [0.1, 0.15) is 23.6 Å². The lowest BCUT2D eigenvalue weighted by molar-refractivity contribution is -0.137. The van der Waals surface area contributed by atoms with E-state index in [0.717, 1.165) is 113 Å². The topological polar surface area (TPSA) is 149 Å². The molecular weight excluding hydrogens is 637 g/mol. The average Bonchev–Trinajstić information content (AvgIpc) is 3.05. The number of aliphatic hydroxyl groups is 1. The number of anilines is 2. The fourth-order valence-electron chi connectivity index (χ4n) is 6.63. The molecule has 1 aromatic heterocycles. The molecule has 1 fully saturated rings.